The number of anilines is 1. The van der Waals surface area contributed by atoms with Gasteiger partial charge in [-0.15, -0.1) is 0 Å². The molecule has 0 saturated carbocycles. The number of nitrogen functional groups attached to an aromatic ring is 1. The maximum atomic E-state index is 6.13. The van der Waals surface area contributed by atoms with Crippen LogP contribution in [0.5, 0.6) is 0 Å². The van der Waals surface area contributed by atoms with Gasteiger partial charge >= 0.3 is 0 Å². The summed E-state index contributed by atoms with van der Waals surface area (Å²) in [5, 5.41) is 0. The number of aromatic nitrogens is 2. The van der Waals surface area contributed by atoms with E-state index in [1.54, 1.807) is 0 Å². The lowest BCUT2D eigenvalue weighted by Crippen LogP contribution is -2.36. The van der Waals surface area contributed by atoms with Crippen molar-refractivity contribution in [2.24, 2.45) is 0 Å². The minimum atomic E-state index is -0.0328. The van der Waals surface area contributed by atoms with Gasteiger partial charge in [-0.25, -0.2) is 9.97 Å². The molecular formula is C14H22N4O. The Labute approximate surface area is 114 Å². The lowest BCUT2D eigenvalue weighted by Gasteiger charge is -2.29. The third kappa shape index (κ3) is 2.72. The number of fused-ring (bicyclic) bond motifs is 1. The fourth-order valence-corrected chi connectivity index (χ4v) is 2.90. The molecule has 0 radical (unpaired) electrons. The first kappa shape index (κ1) is 12.8. The van der Waals surface area contributed by atoms with Gasteiger partial charge in [0, 0.05) is 24.3 Å². The summed E-state index contributed by atoms with van der Waals surface area (Å²) in [6.07, 6.45) is 5.67. The lowest BCUT2D eigenvalue weighted by molar-refractivity contribution is -0.0255. The van der Waals surface area contributed by atoms with Gasteiger partial charge < -0.3 is 15.4 Å². The Hall–Kier alpha value is -1.20. The van der Waals surface area contributed by atoms with E-state index in [1.165, 1.54) is 24.8 Å². The molecule has 1 fully saturated rings. The molecule has 19 heavy (non-hydrogen) atoms. The van der Waals surface area contributed by atoms with Crippen LogP contribution in [0.4, 0.5) is 5.82 Å². The molecule has 2 aliphatic rings. The average Bonchev–Trinajstić information content (AvgIpc) is 2.64. The van der Waals surface area contributed by atoms with Crippen molar-refractivity contribution in [1.82, 2.24) is 14.9 Å². The summed E-state index contributed by atoms with van der Waals surface area (Å²) in [5.74, 6) is 1.43. The average molecular weight is 262 g/mol. The smallest absolute Gasteiger partial charge is 0.161 e. The highest BCUT2D eigenvalue weighted by Gasteiger charge is 2.24. The molecular weight excluding hydrogens is 240 g/mol. The van der Waals surface area contributed by atoms with Crippen molar-refractivity contribution < 1.29 is 4.74 Å². The van der Waals surface area contributed by atoms with E-state index in [4.69, 9.17) is 15.5 Å². The van der Waals surface area contributed by atoms with E-state index in [1.807, 2.05) is 0 Å². The van der Waals surface area contributed by atoms with Gasteiger partial charge in [0.15, 0.2) is 5.82 Å². The SMILES string of the molecule is CN1CCOC(c2nc(N)c3c(n2)CCCCC3)C1. The van der Waals surface area contributed by atoms with Crippen LogP contribution in [0, 0.1) is 0 Å². The number of morpholine rings is 1. The summed E-state index contributed by atoms with van der Waals surface area (Å²) in [6.45, 7) is 2.55. The van der Waals surface area contributed by atoms with Crippen LogP contribution in [0.25, 0.3) is 0 Å². The van der Waals surface area contributed by atoms with Crippen LogP contribution in [0.3, 0.4) is 0 Å². The molecule has 1 aliphatic carbocycles. The summed E-state index contributed by atoms with van der Waals surface area (Å²) < 4.78 is 5.79. The van der Waals surface area contributed by atoms with Gasteiger partial charge in [0.2, 0.25) is 0 Å². The van der Waals surface area contributed by atoms with Crippen molar-refractivity contribution in [3.63, 3.8) is 0 Å². The molecule has 0 bridgehead atoms. The first-order valence-electron chi connectivity index (χ1n) is 7.19. The van der Waals surface area contributed by atoms with Gasteiger partial charge in [0.1, 0.15) is 11.9 Å². The van der Waals surface area contributed by atoms with Gasteiger partial charge in [-0.1, -0.05) is 6.42 Å². The predicted octanol–water partition coefficient (Wildman–Crippen LogP) is 1.33. The third-order valence-corrected chi connectivity index (χ3v) is 4.04. The number of rotatable bonds is 1. The number of ether oxygens (including phenoxy) is 1. The van der Waals surface area contributed by atoms with Crippen LogP contribution in [0.1, 0.15) is 42.4 Å². The Kier molecular flexibility index (Phi) is 3.66. The molecule has 1 aromatic heterocycles. The van der Waals surface area contributed by atoms with Crippen LogP contribution in [-0.4, -0.2) is 41.6 Å². The second-order valence-electron chi connectivity index (χ2n) is 5.57. The molecule has 0 spiro atoms. The second kappa shape index (κ2) is 5.43. The minimum Gasteiger partial charge on any atom is -0.383 e. The van der Waals surface area contributed by atoms with Crippen LogP contribution in [0.2, 0.25) is 0 Å². The molecule has 1 atom stereocenters. The van der Waals surface area contributed by atoms with Crippen molar-refractivity contribution in [2.75, 3.05) is 32.5 Å². The largest absolute Gasteiger partial charge is 0.383 e. The van der Waals surface area contributed by atoms with Crippen LogP contribution in [0.15, 0.2) is 0 Å². The molecule has 104 valence electrons. The summed E-state index contributed by atoms with van der Waals surface area (Å²) >= 11 is 0. The van der Waals surface area contributed by atoms with Crippen molar-refractivity contribution in [3.8, 4) is 0 Å². The summed E-state index contributed by atoms with van der Waals surface area (Å²) in [4.78, 5) is 11.5. The number of nitrogens with zero attached hydrogens (tertiary/aromatic N) is 3. The normalized spacial score (nSPS) is 24.8. The van der Waals surface area contributed by atoms with E-state index in [0.29, 0.717) is 5.82 Å². The molecule has 3 rings (SSSR count). The van der Waals surface area contributed by atoms with Crippen LogP contribution < -0.4 is 5.73 Å². The number of hydrogen-bond donors (Lipinski definition) is 1. The Balaban J connectivity index is 1.90. The van der Waals surface area contributed by atoms with E-state index in [2.05, 4.69) is 16.9 Å². The number of hydrogen-bond acceptors (Lipinski definition) is 5. The van der Waals surface area contributed by atoms with Crippen LogP contribution in [-0.2, 0) is 17.6 Å². The standard InChI is InChI=1S/C14H22N4O/c1-18-7-8-19-12(9-18)14-16-11-6-4-2-3-5-10(11)13(15)17-14/h12H,2-9H2,1H3,(H2,15,16,17). The lowest BCUT2D eigenvalue weighted by atomic mass is 10.1. The monoisotopic (exact) mass is 262 g/mol. The van der Waals surface area contributed by atoms with Gasteiger partial charge in [-0.2, -0.15) is 0 Å². The highest BCUT2D eigenvalue weighted by Crippen LogP contribution is 2.26. The number of aryl methyl sites for hydroxylation is 1. The molecule has 1 aliphatic heterocycles. The third-order valence-electron chi connectivity index (χ3n) is 4.04. The number of nitrogens with two attached hydrogens (primary N) is 1. The zero-order valence-electron chi connectivity index (χ0n) is 11.6. The van der Waals surface area contributed by atoms with Gasteiger partial charge in [0.25, 0.3) is 0 Å². The summed E-state index contributed by atoms with van der Waals surface area (Å²) in [7, 11) is 2.10. The molecule has 5 nitrogen and oxygen atoms in total. The van der Waals surface area contributed by atoms with E-state index >= 15 is 0 Å². The van der Waals surface area contributed by atoms with E-state index in [0.717, 1.165) is 44.1 Å². The zero-order valence-corrected chi connectivity index (χ0v) is 11.6. The Morgan fingerprint density at radius 2 is 2.05 bits per heavy atom. The quantitative estimate of drug-likeness (QED) is 0.774. The highest BCUT2D eigenvalue weighted by molar-refractivity contribution is 5.43. The van der Waals surface area contributed by atoms with Gasteiger partial charge in [-0.3, -0.25) is 0 Å². The molecule has 1 aromatic rings. The zero-order chi connectivity index (χ0) is 13.2. The van der Waals surface area contributed by atoms with E-state index in [9.17, 15) is 0 Å². The van der Waals surface area contributed by atoms with Gasteiger partial charge in [-0.05, 0) is 32.7 Å². The maximum Gasteiger partial charge on any atom is 0.161 e. The molecule has 1 saturated heterocycles. The fourth-order valence-electron chi connectivity index (χ4n) is 2.90. The highest BCUT2D eigenvalue weighted by atomic mass is 16.5. The topological polar surface area (TPSA) is 64.3 Å². The predicted molar refractivity (Wildman–Crippen MR) is 73.9 cm³/mol. The van der Waals surface area contributed by atoms with Crippen molar-refractivity contribution in [1.29, 1.82) is 0 Å². The van der Waals surface area contributed by atoms with Crippen molar-refractivity contribution in [2.45, 2.75) is 38.2 Å². The summed E-state index contributed by atoms with van der Waals surface area (Å²) in [6, 6.07) is 0. The molecule has 0 amide bonds. The Morgan fingerprint density at radius 3 is 2.89 bits per heavy atom. The molecule has 1 unspecified atom stereocenters. The Morgan fingerprint density at radius 1 is 1.21 bits per heavy atom. The van der Waals surface area contributed by atoms with Crippen molar-refractivity contribution in [3.05, 3.63) is 17.1 Å². The fraction of sp³-hybridized carbons (Fsp3) is 0.714. The first-order valence-corrected chi connectivity index (χ1v) is 7.19. The second-order valence-corrected chi connectivity index (χ2v) is 5.57. The minimum absolute atomic E-state index is 0.0328. The van der Waals surface area contributed by atoms with Crippen molar-refractivity contribution >= 4 is 5.82 Å². The van der Waals surface area contributed by atoms with E-state index in [-0.39, 0.29) is 6.10 Å². The summed E-state index contributed by atoms with van der Waals surface area (Å²) in [5.41, 5.74) is 8.45. The molecule has 5 heteroatoms. The van der Waals surface area contributed by atoms with E-state index < -0.39 is 0 Å². The molecule has 0 aromatic carbocycles. The van der Waals surface area contributed by atoms with Crippen LogP contribution >= 0.6 is 0 Å². The molecule has 2 N–H and O–H groups in total. The number of likely N-dealkylation sites (N-methyl/N-ethyl adjacent to an activating group) is 1. The van der Waals surface area contributed by atoms with Gasteiger partial charge in [0.05, 0.1) is 6.61 Å². The molecule has 2 heterocycles. The first-order chi connectivity index (χ1) is 9.24. The maximum absolute atomic E-state index is 6.13. The Bertz CT molecular complexity index is 463.